The van der Waals surface area contributed by atoms with E-state index in [9.17, 15) is 0 Å². The highest BCUT2D eigenvalue weighted by Gasteiger charge is 2.42. The maximum atomic E-state index is 6.19. The first kappa shape index (κ1) is 15.2. The van der Waals surface area contributed by atoms with Crippen LogP contribution in [0.25, 0.3) is 0 Å². The second-order valence-electron chi connectivity index (χ2n) is 6.77. The topological polar surface area (TPSA) is 53.7 Å². The van der Waals surface area contributed by atoms with Gasteiger partial charge in [-0.3, -0.25) is 0 Å². The molecule has 112 valence electrons. The minimum Gasteiger partial charge on any atom is -0.382 e. The summed E-state index contributed by atoms with van der Waals surface area (Å²) in [6.45, 7) is 5.91. The fraction of sp³-hybridized carbons (Fsp3) is 1.00. The molecule has 2 rings (SSSR count). The molecule has 0 aliphatic heterocycles. The molecule has 0 saturated heterocycles. The maximum absolute atomic E-state index is 6.19. The van der Waals surface area contributed by atoms with Gasteiger partial charge in [0.1, 0.15) is 0 Å². The van der Waals surface area contributed by atoms with E-state index in [2.05, 4.69) is 13.8 Å². The first-order chi connectivity index (χ1) is 9.02. The minimum atomic E-state index is 0.0603. The molecule has 3 atom stereocenters. The van der Waals surface area contributed by atoms with Crippen molar-refractivity contribution in [2.75, 3.05) is 20.3 Å². The molecule has 4 nitrogen and oxygen atoms in total. The maximum Gasteiger partial charge on any atom is 0.0989 e. The molecule has 2 aliphatic carbocycles. The Morgan fingerprint density at radius 3 is 2.42 bits per heavy atom. The van der Waals surface area contributed by atoms with Gasteiger partial charge in [0, 0.05) is 13.2 Å². The molecule has 0 aromatic carbocycles. The van der Waals surface area contributed by atoms with Crippen LogP contribution >= 0.6 is 0 Å². The van der Waals surface area contributed by atoms with E-state index in [1.165, 1.54) is 25.7 Å². The molecule has 0 spiro atoms. The predicted molar refractivity (Wildman–Crippen MR) is 75.1 cm³/mol. The third kappa shape index (κ3) is 4.15. The summed E-state index contributed by atoms with van der Waals surface area (Å²) in [7, 11) is 1.68. The summed E-state index contributed by atoms with van der Waals surface area (Å²) in [4.78, 5) is 0. The summed E-state index contributed by atoms with van der Waals surface area (Å²) in [6, 6.07) is 0.127. The number of hydrogen-bond donors (Lipinski definition) is 1. The Labute approximate surface area is 117 Å². The highest BCUT2D eigenvalue weighted by Crippen LogP contribution is 2.38. The average molecular weight is 271 g/mol. The number of ether oxygens (including phenoxy) is 3. The van der Waals surface area contributed by atoms with Crippen LogP contribution in [0.1, 0.15) is 46.0 Å². The van der Waals surface area contributed by atoms with Gasteiger partial charge in [-0.25, -0.2) is 0 Å². The first-order valence-electron chi connectivity index (χ1n) is 7.53. The van der Waals surface area contributed by atoms with Gasteiger partial charge in [0.05, 0.1) is 31.5 Å². The zero-order valence-electron chi connectivity index (χ0n) is 12.6. The van der Waals surface area contributed by atoms with Crippen molar-refractivity contribution in [3.05, 3.63) is 0 Å². The monoisotopic (exact) mass is 271 g/mol. The third-order valence-corrected chi connectivity index (χ3v) is 4.54. The van der Waals surface area contributed by atoms with E-state index in [0.29, 0.717) is 24.7 Å². The van der Waals surface area contributed by atoms with Crippen molar-refractivity contribution in [3.63, 3.8) is 0 Å². The van der Waals surface area contributed by atoms with Crippen LogP contribution in [0.15, 0.2) is 0 Å². The van der Waals surface area contributed by atoms with E-state index in [1.807, 2.05) is 0 Å². The number of nitrogens with two attached hydrogens (primary N) is 1. The molecule has 0 aromatic heterocycles. The molecule has 2 N–H and O–H groups in total. The van der Waals surface area contributed by atoms with Crippen LogP contribution in [0.3, 0.4) is 0 Å². The van der Waals surface area contributed by atoms with Gasteiger partial charge in [-0.05, 0) is 37.5 Å². The summed E-state index contributed by atoms with van der Waals surface area (Å²) < 4.78 is 16.9. The van der Waals surface area contributed by atoms with E-state index < -0.39 is 0 Å². The fourth-order valence-electron chi connectivity index (χ4n) is 3.00. The van der Waals surface area contributed by atoms with Crippen molar-refractivity contribution in [1.82, 2.24) is 0 Å². The number of methoxy groups -OCH3 is 1. The average Bonchev–Trinajstić information content (AvgIpc) is 2.36. The molecule has 0 amide bonds. The standard InChI is InChI=1S/C15H29NO3/c1-15(2)6-4-11(5-7-15)19-13-10-12(16)14(13)18-9-8-17-3/h11-14H,4-10,16H2,1-3H3. The lowest BCUT2D eigenvalue weighted by molar-refractivity contribution is -0.172. The van der Waals surface area contributed by atoms with Gasteiger partial charge in [-0.1, -0.05) is 13.8 Å². The van der Waals surface area contributed by atoms with Crippen molar-refractivity contribution in [3.8, 4) is 0 Å². The second kappa shape index (κ2) is 6.53. The van der Waals surface area contributed by atoms with Crippen molar-refractivity contribution >= 4 is 0 Å². The zero-order chi connectivity index (χ0) is 13.9. The molecule has 2 saturated carbocycles. The predicted octanol–water partition coefficient (Wildman–Crippen LogP) is 2.10. The molecule has 2 fully saturated rings. The molecule has 0 aromatic rings. The van der Waals surface area contributed by atoms with Gasteiger partial charge >= 0.3 is 0 Å². The van der Waals surface area contributed by atoms with Crippen LogP contribution in [0.4, 0.5) is 0 Å². The van der Waals surface area contributed by atoms with Gasteiger partial charge in [-0.15, -0.1) is 0 Å². The van der Waals surface area contributed by atoms with Gasteiger partial charge < -0.3 is 19.9 Å². The summed E-state index contributed by atoms with van der Waals surface area (Å²) in [5.41, 5.74) is 6.49. The number of rotatable bonds is 6. The second-order valence-corrected chi connectivity index (χ2v) is 6.77. The minimum absolute atomic E-state index is 0.0603. The van der Waals surface area contributed by atoms with Crippen LogP contribution in [-0.4, -0.2) is 44.7 Å². The van der Waals surface area contributed by atoms with E-state index in [-0.39, 0.29) is 18.2 Å². The molecular formula is C15H29NO3. The highest BCUT2D eigenvalue weighted by atomic mass is 16.6. The Kier molecular flexibility index (Phi) is 5.23. The van der Waals surface area contributed by atoms with Gasteiger partial charge in [0.2, 0.25) is 0 Å². The highest BCUT2D eigenvalue weighted by molar-refractivity contribution is 4.96. The quantitative estimate of drug-likeness (QED) is 0.752. The lowest BCUT2D eigenvalue weighted by Crippen LogP contribution is -2.59. The van der Waals surface area contributed by atoms with Crippen LogP contribution in [0, 0.1) is 5.41 Å². The zero-order valence-corrected chi connectivity index (χ0v) is 12.6. The Bertz CT molecular complexity index is 273. The molecule has 3 unspecified atom stereocenters. The number of hydrogen-bond acceptors (Lipinski definition) is 4. The van der Waals surface area contributed by atoms with Crippen LogP contribution < -0.4 is 5.73 Å². The van der Waals surface area contributed by atoms with E-state index in [4.69, 9.17) is 19.9 Å². The molecule has 2 aliphatic rings. The molecular weight excluding hydrogens is 242 g/mol. The first-order valence-corrected chi connectivity index (χ1v) is 7.53. The van der Waals surface area contributed by atoms with Crippen molar-refractivity contribution < 1.29 is 14.2 Å². The third-order valence-electron chi connectivity index (χ3n) is 4.54. The molecule has 0 bridgehead atoms. The molecule has 19 heavy (non-hydrogen) atoms. The van der Waals surface area contributed by atoms with Crippen LogP contribution in [0.2, 0.25) is 0 Å². The van der Waals surface area contributed by atoms with Crippen molar-refractivity contribution in [2.24, 2.45) is 11.1 Å². The summed E-state index contributed by atoms with van der Waals surface area (Å²) in [6.07, 6.45) is 6.43. The Morgan fingerprint density at radius 1 is 1.16 bits per heavy atom. The van der Waals surface area contributed by atoms with Gasteiger partial charge in [0.25, 0.3) is 0 Å². The molecule has 0 heterocycles. The van der Waals surface area contributed by atoms with Gasteiger partial charge in [0.15, 0.2) is 0 Å². The molecule has 0 radical (unpaired) electrons. The summed E-state index contributed by atoms with van der Waals surface area (Å²) >= 11 is 0. The molecule has 4 heteroatoms. The largest absolute Gasteiger partial charge is 0.382 e. The van der Waals surface area contributed by atoms with E-state index in [1.54, 1.807) is 7.11 Å². The SMILES string of the molecule is COCCOC1C(N)CC1OC1CCC(C)(C)CC1. The Hall–Kier alpha value is -0.160. The summed E-state index contributed by atoms with van der Waals surface area (Å²) in [5.74, 6) is 0. The lowest BCUT2D eigenvalue weighted by atomic mass is 9.76. The van der Waals surface area contributed by atoms with Crippen LogP contribution in [0.5, 0.6) is 0 Å². The normalized spacial score (nSPS) is 35.1. The smallest absolute Gasteiger partial charge is 0.0989 e. The summed E-state index contributed by atoms with van der Waals surface area (Å²) in [5, 5.41) is 0. The fourth-order valence-corrected chi connectivity index (χ4v) is 3.00. The Morgan fingerprint density at radius 2 is 1.84 bits per heavy atom. The van der Waals surface area contributed by atoms with E-state index >= 15 is 0 Å². The lowest BCUT2D eigenvalue weighted by Gasteiger charge is -2.45. The van der Waals surface area contributed by atoms with Crippen molar-refractivity contribution in [2.45, 2.75) is 70.3 Å². The Balaban J connectivity index is 1.71. The van der Waals surface area contributed by atoms with Crippen molar-refractivity contribution in [1.29, 1.82) is 0 Å². The van der Waals surface area contributed by atoms with Crippen LogP contribution in [-0.2, 0) is 14.2 Å². The van der Waals surface area contributed by atoms with E-state index in [0.717, 1.165) is 6.42 Å². The van der Waals surface area contributed by atoms with Gasteiger partial charge in [-0.2, -0.15) is 0 Å².